The highest BCUT2D eigenvalue weighted by atomic mass is 35.5. The quantitative estimate of drug-likeness (QED) is 0.478. The smallest absolute Gasteiger partial charge is 0.188 e. The SMILES string of the molecule is Cl.[C-]#[N+]c1ccc2c(N3CCC(F)(CO)CC3)nnc(NCc3ccc(C)c(Cl)c3)c2c1. The second-order valence-electron chi connectivity index (χ2n) is 7.95. The van der Waals surface area contributed by atoms with Crippen LogP contribution in [0.15, 0.2) is 36.4 Å². The Morgan fingerprint density at radius 2 is 1.94 bits per heavy atom. The van der Waals surface area contributed by atoms with Crippen molar-refractivity contribution in [3.63, 3.8) is 0 Å². The molecular weight excluding hydrogens is 452 g/mol. The molecule has 3 aromatic rings. The van der Waals surface area contributed by atoms with E-state index in [1.807, 2.05) is 36.1 Å². The van der Waals surface area contributed by atoms with E-state index in [1.165, 1.54) is 0 Å². The van der Waals surface area contributed by atoms with Crippen molar-refractivity contribution in [2.75, 3.05) is 29.9 Å². The molecule has 1 aliphatic heterocycles. The minimum atomic E-state index is -1.53. The summed E-state index contributed by atoms with van der Waals surface area (Å²) in [5.74, 6) is 1.24. The molecule has 32 heavy (non-hydrogen) atoms. The highest BCUT2D eigenvalue weighted by molar-refractivity contribution is 6.31. The number of alkyl halides is 1. The van der Waals surface area contributed by atoms with Crippen LogP contribution >= 0.6 is 24.0 Å². The van der Waals surface area contributed by atoms with E-state index in [2.05, 4.69) is 20.4 Å². The molecule has 2 N–H and O–H groups in total. The van der Waals surface area contributed by atoms with Gasteiger partial charge in [-0.15, -0.1) is 22.6 Å². The molecule has 1 saturated heterocycles. The van der Waals surface area contributed by atoms with Gasteiger partial charge in [0, 0.05) is 48.3 Å². The van der Waals surface area contributed by atoms with Gasteiger partial charge in [0.15, 0.2) is 17.3 Å². The maximum absolute atomic E-state index is 14.4. The summed E-state index contributed by atoms with van der Waals surface area (Å²) in [6.07, 6.45) is 0.474. The van der Waals surface area contributed by atoms with Crippen molar-refractivity contribution in [2.24, 2.45) is 0 Å². The number of aliphatic hydroxyl groups excluding tert-OH is 1. The van der Waals surface area contributed by atoms with Crippen LogP contribution in [0.1, 0.15) is 24.0 Å². The number of benzene rings is 2. The number of aliphatic hydroxyl groups is 1. The molecule has 1 fully saturated rings. The van der Waals surface area contributed by atoms with Crippen molar-refractivity contribution in [3.8, 4) is 0 Å². The fourth-order valence-electron chi connectivity index (χ4n) is 3.77. The number of aryl methyl sites for hydroxylation is 1. The Hall–Kier alpha value is -2.66. The second kappa shape index (κ2) is 9.86. The van der Waals surface area contributed by atoms with Crippen LogP contribution in [0, 0.1) is 13.5 Å². The van der Waals surface area contributed by atoms with Crippen molar-refractivity contribution in [1.29, 1.82) is 0 Å². The molecule has 1 aromatic heterocycles. The Morgan fingerprint density at radius 1 is 1.19 bits per heavy atom. The predicted octanol–water partition coefficient (Wildman–Crippen LogP) is 5.48. The van der Waals surface area contributed by atoms with Crippen LogP contribution < -0.4 is 10.2 Å². The van der Waals surface area contributed by atoms with Gasteiger partial charge in [-0.1, -0.05) is 35.9 Å². The first-order valence-electron chi connectivity index (χ1n) is 10.1. The fraction of sp³-hybridized carbons (Fsp3) is 0.348. The Morgan fingerprint density at radius 3 is 2.59 bits per heavy atom. The van der Waals surface area contributed by atoms with Gasteiger partial charge in [0.05, 0.1) is 13.2 Å². The molecular formula is C23H24Cl2FN5O. The monoisotopic (exact) mass is 475 g/mol. The van der Waals surface area contributed by atoms with Gasteiger partial charge >= 0.3 is 0 Å². The number of anilines is 2. The molecule has 9 heteroatoms. The molecule has 0 unspecified atom stereocenters. The summed E-state index contributed by atoms with van der Waals surface area (Å²) in [6, 6.07) is 11.3. The van der Waals surface area contributed by atoms with Crippen LogP contribution in [-0.4, -0.2) is 40.7 Å². The zero-order valence-corrected chi connectivity index (χ0v) is 19.2. The van der Waals surface area contributed by atoms with E-state index in [0.29, 0.717) is 42.0 Å². The van der Waals surface area contributed by atoms with Crippen LogP contribution in [-0.2, 0) is 6.54 Å². The lowest BCUT2D eigenvalue weighted by Gasteiger charge is -2.36. The third-order valence-corrected chi connectivity index (χ3v) is 6.22. The Labute approximate surface area is 197 Å². The molecule has 0 radical (unpaired) electrons. The summed E-state index contributed by atoms with van der Waals surface area (Å²) in [6.45, 7) is 10.3. The average molecular weight is 476 g/mol. The summed E-state index contributed by atoms with van der Waals surface area (Å²) >= 11 is 6.23. The molecule has 4 rings (SSSR count). The first kappa shape index (κ1) is 24.0. The van der Waals surface area contributed by atoms with Crippen LogP contribution in [0.5, 0.6) is 0 Å². The van der Waals surface area contributed by atoms with E-state index in [9.17, 15) is 9.50 Å². The Balaban J connectivity index is 0.00000289. The summed E-state index contributed by atoms with van der Waals surface area (Å²) in [7, 11) is 0. The van der Waals surface area contributed by atoms with Crippen LogP contribution in [0.2, 0.25) is 5.02 Å². The summed E-state index contributed by atoms with van der Waals surface area (Å²) in [5, 5.41) is 23.8. The number of halogens is 3. The molecule has 0 aliphatic carbocycles. The molecule has 2 aromatic carbocycles. The summed E-state index contributed by atoms with van der Waals surface area (Å²) in [5.41, 5.74) is 1.000. The van der Waals surface area contributed by atoms with E-state index in [4.69, 9.17) is 18.2 Å². The highest BCUT2D eigenvalue weighted by Crippen LogP contribution is 2.35. The first-order valence-corrected chi connectivity index (χ1v) is 10.5. The molecule has 0 spiro atoms. The minimum absolute atomic E-state index is 0. The number of hydrogen-bond donors (Lipinski definition) is 2. The van der Waals surface area contributed by atoms with Crippen molar-refractivity contribution in [3.05, 3.63) is 64.0 Å². The molecule has 1 aliphatic rings. The standard InChI is InChI=1S/C23H23ClFN5O.ClH/c1-15-3-4-16(11-20(15)24)13-27-21-19-12-17(26-2)5-6-18(19)22(29-28-21)30-9-7-23(25,14-31)8-10-30;/h3-6,11-12,31H,7-10,13-14H2,1H3,(H,27,28);1H. The normalized spacial score (nSPS) is 15.2. The van der Waals surface area contributed by atoms with Gasteiger partial charge in [0.2, 0.25) is 0 Å². The van der Waals surface area contributed by atoms with E-state index >= 15 is 0 Å². The zero-order valence-electron chi connectivity index (χ0n) is 17.6. The maximum Gasteiger partial charge on any atom is 0.188 e. The topological polar surface area (TPSA) is 65.6 Å². The van der Waals surface area contributed by atoms with E-state index in [1.54, 1.807) is 12.1 Å². The fourth-order valence-corrected chi connectivity index (χ4v) is 3.97. The van der Waals surface area contributed by atoms with Crippen molar-refractivity contribution in [2.45, 2.75) is 32.0 Å². The molecule has 0 saturated carbocycles. The number of rotatable bonds is 5. The third kappa shape index (κ3) is 4.88. The largest absolute Gasteiger partial charge is 0.393 e. The van der Waals surface area contributed by atoms with Gasteiger partial charge in [-0.05, 0) is 30.2 Å². The van der Waals surface area contributed by atoms with Gasteiger partial charge in [-0.2, -0.15) is 0 Å². The second-order valence-corrected chi connectivity index (χ2v) is 8.35. The van der Waals surface area contributed by atoms with Crippen LogP contribution in [0.3, 0.4) is 0 Å². The molecule has 0 atom stereocenters. The average Bonchev–Trinajstić information content (AvgIpc) is 2.80. The lowest BCUT2D eigenvalue weighted by Crippen LogP contribution is -2.44. The van der Waals surface area contributed by atoms with Crippen LogP contribution in [0.4, 0.5) is 21.7 Å². The molecule has 0 amide bonds. The Bertz CT molecular complexity index is 1160. The predicted molar refractivity (Wildman–Crippen MR) is 129 cm³/mol. The summed E-state index contributed by atoms with van der Waals surface area (Å²) < 4.78 is 14.4. The minimum Gasteiger partial charge on any atom is -0.393 e. The molecule has 168 valence electrons. The van der Waals surface area contributed by atoms with Crippen molar-refractivity contribution in [1.82, 2.24) is 10.2 Å². The van der Waals surface area contributed by atoms with Gasteiger partial charge < -0.3 is 15.3 Å². The Kier molecular flexibility index (Phi) is 7.40. The number of piperidine rings is 1. The van der Waals surface area contributed by atoms with E-state index in [-0.39, 0.29) is 25.2 Å². The maximum atomic E-state index is 14.4. The van der Waals surface area contributed by atoms with Gasteiger partial charge in [-0.25, -0.2) is 9.24 Å². The number of aromatic nitrogens is 2. The lowest BCUT2D eigenvalue weighted by molar-refractivity contribution is 0.0480. The number of hydrogen-bond acceptors (Lipinski definition) is 5. The lowest BCUT2D eigenvalue weighted by atomic mass is 9.94. The first-order chi connectivity index (χ1) is 14.9. The van der Waals surface area contributed by atoms with Crippen molar-refractivity contribution < 1.29 is 9.50 Å². The van der Waals surface area contributed by atoms with Crippen LogP contribution in [0.25, 0.3) is 15.6 Å². The zero-order chi connectivity index (χ0) is 22.0. The van der Waals surface area contributed by atoms with E-state index in [0.717, 1.165) is 21.9 Å². The summed E-state index contributed by atoms with van der Waals surface area (Å²) in [4.78, 5) is 5.53. The van der Waals surface area contributed by atoms with Gasteiger partial charge in [0.25, 0.3) is 0 Å². The number of nitrogens with zero attached hydrogens (tertiary/aromatic N) is 4. The van der Waals surface area contributed by atoms with E-state index < -0.39 is 12.3 Å². The van der Waals surface area contributed by atoms with Gasteiger partial charge in [0.1, 0.15) is 5.67 Å². The number of nitrogens with one attached hydrogen (secondary N) is 1. The van der Waals surface area contributed by atoms with Gasteiger partial charge in [-0.3, -0.25) is 0 Å². The molecule has 0 bridgehead atoms. The molecule has 2 heterocycles. The van der Waals surface area contributed by atoms with Crippen molar-refractivity contribution >= 4 is 52.1 Å². The highest BCUT2D eigenvalue weighted by Gasteiger charge is 2.34. The number of fused-ring (bicyclic) bond motifs is 1. The molecule has 6 nitrogen and oxygen atoms in total. The third-order valence-electron chi connectivity index (χ3n) is 5.81.